The molecule has 1 aromatic carbocycles. The van der Waals surface area contributed by atoms with E-state index in [2.05, 4.69) is 4.90 Å². The normalized spacial score (nSPS) is 14.2. The van der Waals surface area contributed by atoms with Crippen molar-refractivity contribution in [1.82, 2.24) is 14.4 Å². The summed E-state index contributed by atoms with van der Waals surface area (Å²) in [5.41, 5.74) is 2.17. The summed E-state index contributed by atoms with van der Waals surface area (Å²) in [5.74, 6) is -1.58. The molecule has 0 aliphatic carbocycles. The summed E-state index contributed by atoms with van der Waals surface area (Å²) in [5, 5.41) is 0. The fraction of sp³-hybridized carbons (Fsp3) is 0.458. The first kappa shape index (κ1) is 24.6. The maximum absolute atomic E-state index is 13.4. The van der Waals surface area contributed by atoms with Gasteiger partial charge in [0.05, 0.1) is 26.9 Å². The van der Waals surface area contributed by atoms with Gasteiger partial charge >= 0.3 is 5.97 Å². The highest BCUT2D eigenvalue weighted by Crippen LogP contribution is 2.23. The molecule has 33 heavy (non-hydrogen) atoms. The number of methoxy groups -OCH3 is 1. The lowest BCUT2D eigenvalue weighted by molar-refractivity contribution is 0.0323. The van der Waals surface area contributed by atoms with Crippen LogP contribution in [0.25, 0.3) is 0 Å². The molecular weight excluding hydrogens is 429 g/mol. The Kier molecular flexibility index (Phi) is 7.99. The molecule has 0 spiro atoms. The number of Topliss-reactive ketones (excluding diaryl/α,β-unsaturated/α-hetero) is 1. The molecule has 2 heterocycles. The van der Waals surface area contributed by atoms with E-state index in [-0.39, 0.29) is 18.2 Å². The predicted molar refractivity (Wildman–Crippen MR) is 120 cm³/mol. The number of nitrogens with zero attached hydrogens (tertiary/aromatic N) is 3. The molecule has 1 aliphatic rings. The Balaban J connectivity index is 1.85. The summed E-state index contributed by atoms with van der Waals surface area (Å²) in [6.45, 7) is 6.98. The molecule has 1 aromatic heterocycles. The number of halogens is 1. The molecular formula is C24H30FN3O5. The summed E-state index contributed by atoms with van der Waals surface area (Å²) >= 11 is 0. The third kappa shape index (κ3) is 5.48. The largest absolute Gasteiger partial charge is 0.464 e. The lowest BCUT2D eigenvalue weighted by Gasteiger charge is -2.30. The molecule has 0 saturated carbocycles. The van der Waals surface area contributed by atoms with Gasteiger partial charge in [-0.15, -0.1) is 0 Å². The molecule has 1 amide bonds. The fourth-order valence-corrected chi connectivity index (χ4v) is 4.14. The highest BCUT2D eigenvalue weighted by atomic mass is 19.1. The van der Waals surface area contributed by atoms with Crippen molar-refractivity contribution in [2.24, 2.45) is 7.05 Å². The highest BCUT2D eigenvalue weighted by molar-refractivity contribution is 6.06. The third-order valence-electron chi connectivity index (χ3n) is 6.09. The van der Waals surface area contributed by atoms with E-state index in [4.69, 9.17) is 9.47 Å². The van der Waals surface area contributed by atoms with Crippen LogP contribution in [0.2, 0.25) is 0 Å². The van der Waals surface area contributed by atoms with E-state index in [1.165, 1.54) is 36.3 Å². The Labute approximate surface area is 192 Å². The summed E-state index contributed by atoms with van der Waals surface area (Å²) in [6.07, 6.45) is 0. The van der Waals surface area contributed by atoms with Crippen LogP contribution in [0.4, 0.5) is 4.39 Å². The van der Waals surface area contributed by atoms with E-state index in [1.54, 1.807) is 25.5 Å². The van der Waals surface area contributed by atoms with Crippen LogP contribution in [0.1, 0.15) is 42.5 Å². The smallest absolute Gasteiger partial charge is 0.354 e. The zero-order valence-corrected chi connectivity index (χ0v) is 19.5. The first-order valence-corrected chi connectivity index (χ1v) is 10.9. The van der Waals surface area contributed by atoms with Crippen molar-refractivity contribution >= 4 is 17.7 Å². The topological polar surface area (TPSA) is 81.1 Å². The highest BCUT2D eigenvalue weighted by Gasteiger charge is 2.28. The van der Waals surface area contributed by atoms with Crippen LogP contribution >= 0.6 is 0 Å². The molecule has 2 aromatic rings. The molecule has 0 unspecified atom stereocenters. The zero-order chi connectivity index (χ0) is 24.1. The molecule has 0 atom stereocenters. The van der Waals surface area contributed by atoms with Gasteiger partial charge in [-0.1, -0.05) is 0 Å². The van der Waals surface area contributed by atoms with Gasteiger partial charge in [0.15, 0.2) is 5.78 Å². The second-order valence-electron chi connectivity index (χ2n) is 8.10. The number of benzene rings is 1. The number of morpholine rings is 1. The Morgan fingerprint density at radius 1 is 1.12 bits per heavy atom. The van der Waals surface area contributed by atoms with Gasteiger partial charge in [-0.05, 0) is 43.7 Å². The van der Waals surface area contributed by atoms with Crippen LogP contribution in [0.3, 0.4) is 0 Å². The maximum atomic E-state index is 13.4. The second kappa shape index (κ2) is 10.7. The van der Waals surface area contributed by atoms with Crippen molar-refractivity contribution < 1.29 is 28.2 Å². The average molecular weight is 460 g/mol. The standard InChI is InChI=1S/C24H30FN3O5/c1-16-21(17(2)26(3)22(16)24(31)32-4)20(29)15-28(10-9-27-11-13-33-14-12-27)23(30)18-5-7-19(25)8-6-18/h5-8H,9-15H2,1-4H3. The molecule has 0 bridgehead atoms. The summed E-state index contributed by atoms with van der Waals surface area (Å²) in [6, 6.07) is 5.28. The van der Waals surface area contributed by atoms with Crippen LogP contribution in [0.5, 0.6) is 0 Å². The first-order valence-electron chi connectivity index (χ1n) is 10.9. The minimum atomic E-state index is -0.524. The number of amides is 1. The minimum Gasteiger partial charge on any atom is -0.464 e. The maximum Gasteiger partial charge on any atom is 0.354 e. The second-order valence-corrected chi connectivity index (χ2v) is 8.10. The van der Waals surface area contributed by atoms with E-state index in [1.807, 2.05) is 0 Å². The van der Waals surface area contributed by atoms with Gasteiger partial charge in [-0.3, -0.25) is 14.5 Å². The monoisotopic (exact) mass is 459 g/mol. The van der Waals surface area contributed by atoms with Crippen molar-refractivity contribution in [3.8, 4) is 0 Å². The molecule has 0 N–H and O–H groups in total. The van der Waals surface area contributed by atoms with Crippen molar-refractivity contribution in [2.75, 3.05) is 53.0 Å². The zero-order valence-electron chi connectivity index (χ0n) is 19.5. The van der Waals surface area contributed by atoms with Crippen LogP contribution < -0.4 is 0 Å². The summed E-state index contributed by atoms with van der Waals surface area (Å²) < 4.78 is 25.2. The van der Waals surface area contributed by atoms with E-state index >= 15 is 0 Å². The van der Waals surface area contributed by atoms with Gasteiger partial charge in [0.1, 0.15) is 11.5 Å². The van der Waals surface area contributed by atoms with Crippen molar-refractivity contribution in [3.05, 3.63) is 58.2 Å². The SMILES string of the molecule is COC(=O)c1c(C)c(C(=O)CN(CCN2CCOCC2)C(=O)c2ccc(F)cc2)c(C)n1C. The molecule has 8 nitrogen and oxygen atoms in total. The molecule has 178 valence electrons. The summed E-state index contributed by atoms with van der Waals surface area (Å²) in [4.78, 5) is 42.4. The molecule has 3 rings (SSSR count). The fourth-order valence-electron chi connectivity index (χ4n) is 4.14. The van der Waals surface area contributed by atoms with Gasteiger partial charge in [-0.25, -0.2) is 9.18 Å². The number of aromatic nitrogens is 1. The third-order valence-corrected chi connectivity index (χ3v) is 6.09. The Morgan fingerprint density at radius 2 is 1.76 bits per heavy atom. The van der Waals surface area contributed by atoms with Gasteiger partial charge in [0, 0.05) is 50.0 Å². The van der Waals surface area contributed by atoms with Crippen LogP contribution in [-0.4, -0.2) is 85.1 Å². The van der Waals surface area contributed by atoms with Gasteiger partial charge in [-0.2, -0.15) is 0 Å². The number of rotatable bonds is 8. The molecule has 1 saturated heterocycles. The minimum absolute atomic E-state index is 0.160. The number of carbonyl (C=O) groups is 3. The van der Waals surface area contributed by atoms with E-state index < -0.39 is 11.8 Å². The molecule has 0 radical (unpaired) electrons. The Hall–Kier alpha value is -3.04. The van der Waals surface area contributed by atoms with Gasteiger partial charge in [0.25, 0.3) is 5.91 Å². The van der Waals surface area contributed by atoms with Crippen molar-refractivity contribution in [3.63, 3.8) is 0 Å². The Bertz CT molecular complexity index is 1030. The number of carbonyl (C=O) groups excluding carboxylic acids is 3. The molecule has 1 fully saturated rings. The molecule has 9 heteroatoms. The van der Waals surface area contributed by atoms with Crippen LogP contribution in [0.15, 0.2) is 24.3 Å². The average Bonchev–Trinajstić information content (AvgIpc) is 3.04. The quantitative estimate of drug-likeness (QED) is 0.445. The lowest BCUT2D eigenvalue weighted by Crippen LogP contribution is -2.44. The van der Waals surface area contributed by atoms with E-state index in [0.717, 1.165) is 13.1 Å². The van der Waals surface area contributed by atoms with Crippen molar-refractivity contribution in [1.29, 1.82) is 0 Å². The van der Waals surface area contributed by atoms with E-state index in [9.17, 15) is 18.8 Å². The summed E-state index contributed by atoms with van der Waals surface area (Å²) in [7, 11) is 2.99. The number of ether oxygens (including phenoxy) is 2. The lowest BCUT2D eigenvalue weighted by atomic mass is 10.0. The van der Waals surface area contributed by atoms with Gasteiger partial charge < -0.3 is 18.9 Å². The van der Waals surface area contributed by atoms with Gasteiger partial charge in [0.2, 0.25) is 0 Å². The van der Waals surface area contributed by atoms with Crippen molar-refractivity contribution in [2.45, 2.75) is 13.8 Å². The Morgan fingerprint density at radius 3 is 2.36 bits per heavy atom. The van der Waals surface area contributed by atoms with Crippen LogP contribution in [-0.2, 0) is 16.5 Å². The number of hydrogen-bond donors (Lipinski definition) is 0. The first-order chi connectivity index (χ1) is 15.7. The van der Waals surface area contributed by atoms with E-state index in [0.29, 0.717) is 54.4 Å². The number of hydrogen-bond acceptors (Lipinski definition) is 6. The predicted octanol–water partition coefficient (Wildman–Crippen LogP) is 2.22. The van der Waals surface area contributed by atoms with Crippen LogP contribution in [0, 0.1) is 19.7 Å². The molecule has 1 aliphatic heterocycles. The number of esters is 1. The number of ketones is 1.